The average Bonchev–Trinajstić information content (AvgIpc) is 1.58. The zero-order valence-electron chi connectivity index (χ0n) is 4.06. The molecule has 0 aliphatic carbocycles. The average molecular weight is 229 g/mol. The van der Waals surface area contributed by atoms with Crippen LogP contribution < -0.4 is 0 Å². The van der Waals surface area contributed by atoms with E-state index in [9.17, 15) is 13.3 Å². The van der Waals surface area contributed by atoms with Gasteiger partial charge in [0.15, 0.2) is 0 Å². The van der Waals surface area contributed by atoms with Crippen LogP contribution >= 0.6 is 21.4 Å². The number of halogens is 2. The highest BCUT2D eigenvalue weighted by atomic mass is 35.7. The predicted octanol–water partition coefficient (Wildman–Crippen LogP) is 0.263. The van der Waals surface area contributed by atoms with Crippen molar-refractivity contribution in [1.29, 1.82) is 0 Å². The largest absolute Gasteiger partial charge is 0.510 e. The summed E-state index contributed by atoms with van der Waals surface area (Å²) in [7, 11) is 4.60. The van der Waals surface area contributed by atoms with Gasteiger partial charge < -0.3 is 0 Å². The van der Waals surface area contributed by atoms with E-state index in [2.05, 4.69) is 29.9 Å². The van der Waals surface area contributed by atoms with Crippen LogP contribution in [0.1, 0.15) is 0 Å². The third-order valence-corrected chi connectivity index (χ3v) is 1.05. The van der Waals surface area contributed by atoms with Crippen LogP contribution in [0.15, 0.2) is 0 Å². The second-order valence-corrected chi connectivity index (χ2v) is 3.35. The quantitative estimate of drug-likeness (QED) is 0.510. The molecule has 0 aromatic carbocycles. The first-order valence-corrected chi connectivity index (χ1v) is 5.33. The lowest BCUT2D eigenvalue weighted by atomic mass is 13.1. The Bertz CT molecular complexity index is 160. The molecular weight excluding hydrogens is 229 g/mol. The summed E-state index contributed by atoms with van der Waals surface area (Å²) in [5.41, 5.74) is 0. The van der Waals surface area contributed by atoms with Crippen molar-refractivity contribution in [3.63, 3.8) is 0 Å². The summed E-state index contributed by atoms with van der Waals surface area (Å²) in [5, 5.41) is -0.716. The van der Waals surface area contributed by atoms with Crippen LogP contribution in [-0.2, 0) is 29.2 Å². The Labute approximate surface area is 69.2 Å². The number of hydrogen-bond donors (Lipinski definition) is 0. The molecule has 0 radical (unpaired) electrons. The Morgan fingerprint density at radius 2 is 1.40 bits per heavy atom. The Morgan fingerprint density at radius 1 is 1.10 bits per heavy atom. The fourth-order valence-corrected chi connectivity index (χ4v) is 0.675. The summed E-state index contributed by atoms with van der Waals surface area (Å²) in [5.74, 6) is 0. The van der Waals surface area contributed by atoms with E-state index in [4.69, 9.17) is 0 Å². The summed E-state index contributed by atoms with van der Waals surface area (Å²) in [6.07, 6.45) is 0. The molecule has 0 aliphatic rings. The van der Waals surface area contributed by atoms with Crippen LogP contribution in [0.5, 0.6) is 0 Å². The molecule has 0 N–H and O–H groups in total. The lowest BCUT2D eigenvalue weighted by molar-refractivity contribution is -0.920. The van der Waals surface area contributed by atoms with Crippen molar-refractivity contribution in [2.24, 2.45) is 0 Å². The van der Waals surface area contributed by atoms with Gasteiger partial charge in [0.25, 0.3) is 0 Å². The highest BCUT2D eigenvalue weighted by Crippen LogP contribution is 1.96. The zero-order valence-corrected chi connectivity index (χ0v) is 7.21. The minimum atomic E-state index is -2.34. The fourth-order valence-electron chi connectivity index (χ4n) is 0.108. The van der Waals surface area contributed by atoms with Crippen molar-refractivity contribution in [2.75, 3.05) is 0 Å². The van der Waals surface area contributed by atoms with Crippen LogP contribution in [0.3, 0.4) is 0 Å². The van der Waals surface area contributed by atoms with E-state index in [1.807, 2.05) is 0 Å². The molecule has 0 bridgehead atoms. The van der Waals surface area contributed by atoms with E-state index in [-0.39, 0.29) is 0 Å². The lowest BCUT2D eigenvalue weighted by Gasteiger charge is -1.79. The molecule has 0 aliphatic heterocycles. The summed E-state index contributed by atoms with van der Waals surface area (Å²) in [6.45, 7) is 0. The van der Waals surface area contributed by atoms with E-state index in [1.165, 1.54) is 0 Å². The second kappa shape index (κ2) is 4.83. The molecule has 6 nitrogen and oxygen atoms in total. The minimum Gasteiger partial charge on any atom is -0.191 e. The predicted molar refractivity (Wildman–Crippen MR) is 33.8 cm³/mol. The van der Waals surface area contributed by atoms with Crippen molar-refractivity contribution in [3.05, 3.63) is 4.91 Å². The third-order valence-electron chi connectivity index (χ3n) is 0.239. The highest BCUT2D eigenvalue weighted by molar-refractivity contribution is 8.04. The smallest absolute Gasteiger partial charge is 0.191 e. The van der Waals surface area contributed by atoms with E-state index in [0.717, 1.165) is 0 Å². The summed E-state index contributed by atoms with van der Waals surface area (Å²) in [4.78, 5) is 9.98. The van der Waals surface area contributed by atoms with Gasteiger partial charge in [-0.05, 0) is 0 Å². The molecule has 2 unspecified atom stereocenters. The van der Waals surface area contributed by atoms with E-state index >= 15 is 0 Å². The molecule has 60 valence electrons. The standard InChI is InChI=1S/Cl2NO5S2/c1-9(5)7-3(4)8-10(2)6/q+1. The SMILES string of the molecule is O=[N+](OS(=O)Cl)OS(=O)Cl. The van der Waals surface area contributed by atoms with Crippen molar-refractivity contribution in [1.82, 2.24) is 0 Å². The molecule has 2 atom stereocenters. The van der Waals surface area contributed by atoms with E-state index in [1.54, 1.807) is 0 Å². The Hall–Kier alpha value is 0.0800. The molecule has 0 spiro atoms. The van der Waals surface area contributed by atoms with Gasteiger partial charge in [-0.15, -0.1) is 0 Å². The second-order valence-electron chi connectivity index (χ2n) is 0.761. The van der Waals surface area contributed by atoms with Gasteiger partial charge in [-0.25, -0.2) is 0 Å². The van der Waals surface area contributed by atoms with Gasteiger partial charge in [0.1, 0.15) is 4.91 Å². The van der Waals surface area contributed by atoms with Gasteiger partial charge in [-0.1, -0.05) is 8.57 Å². The molecule has 0 aromatic rings. The maximum absolute atomic E-state index is 9.98. The van der Waals surface area contributed by atoms with Crippen molar-refractivity contribution < 1.29 is 22.1 Å². The molecule has 0 saturated carbocycles. The van der Waals surface area contributed by atoms with Gasteiger partial charge in [0, 0.05) is 21.4 Å². The molecule has 0 heterocycles. The van der Waals surface area contributed by atoms with Gasteiger partial charge in [0.2, 0.25) is 0 Å². The Kier molecular flexibility index (Phi) is 4.87. The van der Waals surface area contributed by atoms with Gasteiger partial charge >= 0.3 is 25.7 Å². The van der Waals surface area contributed by atoms with Gasteiger partial charge in [-0.2, -0.15) is 8.42 Å². The zero-order chi connectivity index (χ0) is 8.15. The molecule has 10 heteroatoms. The maximum atomic E-state index is 9.98. The van der Waals surface area contributed by atoms with E-state index in [0.29, 0.717) is 0 Å². The first-order valence-electron chi connectivity index (χ1n) is 1.52. The molecule has 10 heavy (non-hydrogen) atoms. The maximum Gasteiger partial charge on any atom is 0.510 e. The number of rotatable bonds is 4. The summed E-state index contributed by atoms with van der Waals surface area (Å²) in [6, 6.07) is 0. The first kappa shape index (κ1) is 10.1. The molecule has 0 saturated heterocycles. The molecule has 0 aromatic heterocycles. The van der Waals surface area contributed by atoms with Crippen LogP contribution in [0.4, 0.5) is 0 Å². The Morgan fingerprint density at radius 3 is 1.60 bits per heavy atom. The lowest BCUT2D eigenvalue weighted by Crippen LogP contribution is -2.09. The van der Waals surface area contributed by atoms with Crippen molar-refractivity contribution in [2.45, 2.75) is 0 Å². The Balaban J connectivity index is 3.65. The highest BCUT2D eigenvalue weighted by Gasteiger charge is 2.20. The first-order chi connectivity index (χ1) is 4.52. The van der Waals surface area contributed by atoms with Crippen LogP contribution in [0, 0.1) is 4.91 Å². The molecule has 0 amide bonds. The summed E-state index contributed by atoms with van der Waals surface area (Å²) >= 11 is 0. The van der Waals surface area contributed by atoms with Gasteiger partial charge in [-0.3, -0.25) is 0 Å². The van der Waals surface area contributed by atoms with Crippen LogP contribution in [0.2, 0.25) is 0 Å². The topological polar surface area (TPSA) is 72.7 Å². The van der Waals surface area contributed by atoms with Crippen molar-refractivity contribution in [3.8, 4) is 0 Å². The monoisotopic (exact) mass is 228 g/mol. The molecule has 0 rings (SSSR count). The molecular formula is Cl2NO5S2+. The number of nitrogens with zero attached hydrogens (tertiary/aromatic N) is 1. The van der Waals surface area contributed by atoms with E-state index < -0.39 is 25.7 Å². The normalized spacial score (nSPS) is 15.4. The minimum absolute atomic E-state index is 0.716. The fraction of sp³-hybridized carbons (Fsp3) is 0. The summed E-state index contributed by atoms with van der Waals surface area (Å²) < 4.78 is 26.8. The van der Waals surface area contributed by atoms with Crippen LogP contribution in [-0.4, -0.2) is 13.5 Å². The van der Waals surface area contributed by atoms with Crippen molar-refractivity contribution >= 4 is 42.0 Å². The van der Waals surface area contributed by atoms with Crippen LogP contribution in [0.25, 0.3) is 0 Å². The van der Waals surface area contributed by atoms with Gasteiger partial charge in [0.05, 0.1) is 0 Å². The third kappa shape index (κ3) is 6.20. The molecule has 0 fully saturated rings. The number of hydrogen-bond acceptors (Lipinski definition) is 5.